The van der Waals surface area contributed by atoms with Gasteiger partial charge in [0.25, 0.3) is 5.91 Å². The van der Waals surface area contributed by atoms with Crippen LogP contribution in [0.5, 0.6) is 5.75 Å². The molecule has 1 N–H and O–H groups in total. The van der Waals surface area contributed by atoms with Gasteiger partial charge in [-0.05, 0) is 43.2 Å². The van der Waals surface area contributed by atoms with Crippen molar-refractivity contribution in [3.8, 4) is 5.75 Å². The molecule has 0 saturated carbocycles. The molecule has 1 saturated heterocycles. The highest BCUT2D eigenvalue weighted by Gasteiger charge is 2.31. The fraction of sp³-hybridized carbons (Fsp3) is 0.316. The first kappa shape index (κ1) is 22.0. The van der Waals surface area contributed by atoms with Gasteiger partial charge in [-0.15, -0.1) is 0 Å². The summed E-state index contributed by atoms with van der Waals surface area (Å²) in [7, 11) is -2.29. The van der Waals surface area contributed by atoms with Crippen molar-refractivity contribution in [2.24, 2.45) is 0 Å². The van der Waals surface area contributed by atoms with Gasteiger partial charge >= 0.3 is 0 Å². The van der Waals surface area contributed by atoms with Crippen LogP contribution in [0, 0.1) is 23.3 Å². The van der Waals surface area contributed by atoms with Gasteiger partial charge in [-0.1, -0.05) is 0 Å². The highest BCUT2D eigenvalue weighted by molar-refractivity contribution is 7.89. The number of sulfonamides is 1. The minimum absolute atomic E-state index is 0.0773. The molecule has 0 unspecified atom stereocenters. The molecule has 0 radical (unpaired) electrons. The van der Waals surface area contributed by atoms with Gasteiger partial charge in [-0.3, -0.25) is 4.79 Å². The van der Waals surface area contributed by atoms with Crippen LogP contribution in [0.4, 0.5) is 17.6 Å². The summed E-state index contributed by atoms with van der Waals surface area (Å²) in [6.45, 7) is 0.155. The summed E-state index contributed by atoms with van der Waals surface area (Å²) in [5.74, 6) is -8.13. The number of halogens is 4. The van der Waals surface area contributed by atoms with E-state index in [4.69, 9.17) is 4.74 Å². The molecule has 2 aromatic carbocycles. The molecule has 1 aliphatic rings. The predicted molar refractivity (Wildman–Crippen MR) is 98.5 cm³/mol. The molecule has 0 bridgehead atoms. The third-order valence-corrected chi connectivity index (χ3v) is 6.75. The van der Waals surface area contributed by atoms with E-state index in [1.807, 2.05) is 0 Å². The zero-order valence-corrected chi connectivity index (χ0v) is 16.6. The summed E-state index contributed by atoms with van der Waals surface area (Å²) in [5.41, 5.74) is -0.959. The van der Waals surface area contributed by atoms with Crippen LogP contribution in [0.1, 0.15) is 23.2 Å². The Morgan fingerprint density at radius 2 is 1.63 bits per heavy atom. The molecule has 0 aliphatic carbocycles. The number of methoxy groups -OCH3 is 1. The molecule has 0 atom stereocenters. The first-order valence-electron chi connectivity index (χ1n) is 8.93. The third kappa shape index (κ3) is 4.26. The maximum Gasteiger partial charge on any atom is 0.254 e. The standard InChI is InChI=1S/C19H18F4N2O4S/c1-29-12-2-4-13(5-3-12)30(27,28)25-8-6-11(7-9-25)24-19(26)14-10-15(20)17(22)18(23)16(14)21/h2-5,10-11H,6-9H2,1H3,(H,24,26). The van der Waals surface area contributed by atoms with E-state index in [2.05, 4.69) is 5.32 Å². The van der Waals surface area contributed by atoms with Crippen LogP contribution in [-0.2, 0) is 10.0 Å². The summed E-state index contributed by atoms with van der Waals surface area (Å²) >= 11 is 0. The first-order chi connectivity index (χ1) is 14.1. The van der Waals surface area contributed by atoms with E-state index in [1.165, 1.54) is 35.7 Å². The smallest absolute Gasteiger partial charge is 0.254 e. The van der Waals surface area contributed by atoms with Gasteiger partial charge in [0.2, 0.25) is 10.0 Å². The zero-order valence-electron chi connectivity index (χ0n) is 15.8. The van der Waals surface area contributed by atoms with Crippen molar-refractivity contribution in [2.45, 2.75) is 23.8 Å². The highest BCUT2D eigenvalue weighted by atomic mass is 32.2. The van der Waals surface area contributed by atoms with E-state index in [0.717, 1.165) is 0 Å². The average molecular weight is 446 g/mol. The van der Waals surface area contributed by atoms with Crippen molar-refractivity contribution >= 4 is 15.9 Å². The molecule has 6 nitrogen and oxygen atoms in total. The summed E-state index contributed by atoms with van der Waals surface area (Å²) in [5, 5.41) is 2.40. The van der Waals surface area contributed by atoms with E-state index in [9.17, 15) is 30.8 Å². The largest absolute Gasteiger partial charge is 0.497 e. The fourth-order valence-corrected chi connectivity index (χ4v) is 4.61. The SMILES string of the molecule is COc1ccc(S(=O)(=O)N2CCC(NC(=O)c3cc(F)c(F)c(F)c3F)CC2)cc1. The molecule has 3 rings (SSSR count). The number of hydrogen-bond donors (Lipinski definition) is 1. The maximum absolute atomic E-state index is 13.8. The van der Waals surface area contributed by atoms with Crippen molar-refractivity contribution in [1.29, 1.82) is 0 Å². The van der Waals surface area contributed by atoms with E-state index in [0.29, 0.717) is 5.75 Å². The maximum atomic E-state index is 13.8. The van der Waals surface area contributed by atoms with Gasteiger partial charge in [0.15, 0.2) is 23.3 Å². The number of nitrogens with one attached hydrogen (secondary N) is 1. The van der Waals surface area contributed by atoms with Crippen LogP contribution in [-0.4, -0.2) is 44.9 Å². The minimum atomic E-state index is -3.75. The van der Waals surface area contributed by atoms with Crippen LogP contribution >= 0.6 is 0 Å². The van der Waals surface area contributed by atoms with Crippen LogP contribution in [0.2, 0.25) is 0 Å². The van der Waals surface area contributed by atoms with Gasteiger partial charge in [-0.25, -0.2) is 26.0 Å². The predicted octanol–water partition coefficient (Wildman–Crippen LogP) is 2.83. The Balaban J connectivity index is 1.65. The Labute approximate surface area is 170 Å². The lowest BCUT2D eigenvalue weighted by molar-refractivity contribution is 0.0917. The monoisotopic (exact) mass is 446 g/mol. The molecule has 1 amide bonds. The number of rotatable bonds is 5. The molecule has 30 heavy (non-hydrogen) atoms. The lowest BCUT2D eigenvalue weighted by Gasteiger charge is -2.31. The number of piperidine rings is 1. The normalized spacial score (nSPS) is 15.8. The zero-order chi connectivity index (χ0) is 22.1. The van der Waals surface area contributed by atoms with Crippen molar-refractivity contribution in [1.82, 2.24) is 9.62 Å². The molecule has 2 aromatic rings. The topological polar surface area (TPSA) is 75.7 Å². The van der Waals surface area contributed by atoms with Crippen molar-refractivity contribution in [3.05, 3.63) is 59.2 Å². The molecular formula is C19H18F4N2O4S. The molecule has 1 aliphatic heterocycles. The molecule has 0 aromatic heterocycles. The fourth-order valence-electron chi connectivity index (χ4n) is 3.14. The lowest BCUT2D eigenvalue weighted by atomic mass is 10.1. The lowest BCUT2D eigenvalue weighted by Crippen LogP contribution is -2.46. The Bertz CT molecular complexity index is 1050. The van der Waals surface area contributed by atoms with Gasteiger partial charge in [0.1, 0.15) is 5.75 Å². The third-order valence-electron chi connectivity index (χ3n) is 4.83. The molecule has 1 fully saturated rings. The van der Waals surface area contributed by atoms with Crippen molar-refractivity contribution in [2.75, 3.05) is 20.2 Å². The first-order valence-corrected chi connectivity index (χ1v) is 10.4. The molecule has 1 heterocycles. The van der Waals surface area contributed by atoms with Crippen LogP contribution in [0.25, 0.3) is 0 Å². The molecule has 162 valence electrons. The Morgan fingerprint density at radius 1 is 1.03 bits per heavy atom. The van der Waals surface area contributed by atoms with E-state index < -0.39 is 50.8 Å². The minimum Gasteiger partial charge on any atom is -0.497 e. The highest BCUT2D eigenvalue weighted by Crippen LogP contribution is 2.24. The summed E-state index contributed by atoms with van der Waals surface area (Å²) < 4.78 is 85.1. The van der Waals surface area contributed by atoms with E-state index in [1.54, 1.807) is 0 Å². The summed E-state index contributed by atoms with van der Waals surface area (Å²) in [4.78, 5) is 12.2. The number of carbonyl (C=O) groups is 1. The van der Waals surface area contributed by atoms with Gasteiger partial charge < -0.3 is 10.1 Å². The Morgan fingerprint density at radius 3 is 2.20 bits per heavy atom. The molecular weight excluding hydrogens is 428 g/mol. The number of ether oxygens (including phenoxy) is 1. The number of nitrogens with zero attached hydrogens (tertiary/aromatic N) is 1. The summed E-state index contributed by atoms with van der Waals surface area (Å²) in [6, 6.07) is 5.62. The molecule has 0 spiro atoms. The van der Waals surface area contributed by atoms with Crippen molar-refractivity contribution in [3.63, 3.8) is 0 Å². The number of amides is 1. The second kappa shape index (κ2) is 8.60. The Hall–Kier alpha value is -2.66. The van der Waals surface area contributed by atoms with E-state index >= 15 is 0 Å². The number of carbonyl (C=O) groups excluding carboxylic acids is 1. The quantitative estimate of drug-likeness (QED) is 0.436. The second-order valence-corrected chi connectivity index (χ2v) is 8.61. The Kier molecular flexibility index (Phi) is 6.32. The van der Waals surface area contributed by atoms with Crippen LogP contribution < -0.4 is 10.1 Å². The summed E-state index contributed by atoms with van der Waals surface area (Å²) in [6.07, 6.45) is 0.407. The number of hydrogen-bond acceptors (Lipinski definition) is 4. The van der Waals surface area contributed by atoms with E-state index in [-0.39, 0.29) is 36.9 Å². The van der Waals surface area contributed by atoms with Gasteiger partial charge in [0, 0.05) is 19.1 Å². The van der Waals surface area contributed by atoms with Gasteiger partial charge in [-0.2, -0.15) is 4.31 Å². The molecule has 11 heteroatoms. The second-order valence-electron chi connectivity index (χ2n) is 6.68. The van der Waals surface area contributed by atoms with Crippen molar-refractivity contribution < 1.29 is 35.5 Å². The van der Waals surface area contributed by atoms with Crippen LogP contribution in [0.15, 0.2) is 35.2 Å². The average Bonchev–Trinajstić information content (AvgIpc) is 2.75. The number of benzene rings is 2. The van der Waals surface area contributed by atoms with Gasteiger partial charge in [0.05, 0.1) is 17.6 Å². The van der Waals surface area contributed by atoms with Crippen LogP contribution in [0.3, 0.4) is 0 Å².